The van der Waals surface area contributed by atoms with Gasteiger partial charge in [-0.3, -0.25) is 20.0 Å². The number of hydrazine groups is 1. The molecule has 1 saturated heterocycles. The van der Waals surface area contributed by atoms with Crippen LogP contribution in [-0.4, -0.2) is 65.1 Å². The molecule has 1 aliphatic rings. The van der Waals surface area contributed by atoms with Crippen LogP contribution in [0.1, 0.15) is 22.6 Å². The molecule has 1 aliphatic heterocycles. The summed E-state index contributed by atoms with van der Waals surface area (Å²) in [5.41, 5.74) is 3.30. The van der Waals surface area contributed by atoms with Gasteiger partial charge < -0.3 is 5.11 Å². The van der Waals surface area contributed by atoms with E-state index in [1.165, 1.54) is 0 Å². The second kappa shape index (κ2) is 8.04. The molecule has 2 heterocycles. The lowest BCUT2D eigenvalue weighted by atomic mass is 10.2. The van der Waals surface area contributed by atoms with Gasteiger partial charge in [-0.05, 0) is 31.6 Å². The highest BCUT2D eigenvalue weighted by Gasteiger charge is 2.15. The molecule has 2 rings (SSSR count). The molecular weight excluding hydrogens is 270 g/mol. The molecule has 1 aromatic heterocycles. The molecule has 1 aromatic rings. The average Bonchev–Trinajstić information content (AvgIpc) is 2.73. The Morgan fingerprint density at radius 3 is 2.81 bits per heavy atom. The summed E-state index contributed by atoms with van der Waals surface area (Å²) in [6, 6.07) is 5.39. The summed E-state index contributed by atoms with van der Waals surface area (Å²) in [6.07, 6.45) is 1.07. The van der Waals surface area contributed by atoms with Crippen LogP contribution in [0.25, 0.3) is 0 Å². The number of nitrogens with two attached hydrogens (primary N) is 1. The third kappa shape index (κ3) is 4.75. The van der Waals surface area contributed by atoms with Crippen molar-refractivity contribution in [2.75, 3.05) is 39.3 Å². The zero-order chi connectivity index (χ0) is 15.1. The molecule has 0 atom stereocenters. The first-order valence-electron chi connectivity index (χ1n) is 7.25. The van der Waals surface area contributed by atoms with Gasteiger partial charge in [0.2, 0.25) is 0 Å². The van der Waals surface area contributed by atoms with E-state index < -0.39 is 0 Å². The van der Waals surface area contributed by atoms with Gasteiger partial charge in [0.05, 0.1) is 12.3 Å². The molecule has 0 spiro atoms. The van der Waals surface area contributed by atoms with E-state index in [1.54, 1.807) is 6.07 Å². The van der Waals surface area contributed by atoms with E-state index in [1.807, 2.05) is 12.1 Å². The lowest BCUT2D eigenvalue weighted by Crippen LogP contribution is -2.33. The number of nitrogens with zero attached hydrogens (tertiary/aromatic N) is 3. The Hall–Kier alpha value is -1.54. The number of aliphatic hydroxyl groups excluding tert-OH is 1. The molecule has 0 saturated carbocycles. The van der Waals surface area contributed by atoms with Crippen LogP contribution in [0.15, 0.2) is 18.2 Å². The van der Waals surface area contributed by atoms with Crippen molar-refractivity contribution >= 4 is 5.91 Å². The van der Waals surface area contributed by atoms with Crippen LogP contribution in [0.5, 0.6) is 0 Å². The second-order valence-electron chi connectivity index (χ2n) is 5.18. The molecule has 0 radical (unpaired) electrons. The van der Waals surface area contributed by atoms with Gasteiger partial charge in [-0.25, -0.2) is 10.8 Å². The van der Waals surface area contributed by atoms with E-state index in [0.717, 1.165) is 51.4 Å². The zero-order valence-corrected chi connectivity index (χ0v) is 12.2. The number of β-amino-alcohol motifs (C(OH)–C–C–N with tert-alkyl or cyclic N) is 1. The Bertz CT molecular complexity index is 468. The van der Waals surface area contributed by atoms with Crippen molar-refractivity contribution in [3.63, 3.8) is 0 Å². The van der Waals surface area contributed by atoms with Crippen LogP contribution in [0.2, 0.25) is 0 Å². The lowest BCUT2D eigenvalue weighted by molar-refractivity contribution is 0.0948. The van der Waals surface area contributed by atoms with Crippen LogP contribution in [0.4, 0.5) is 0 Å². The maximum atomic E-state index is 11.5. The van der Waals surface area contributed by atoms with E-state index in [0.29, 0.717) is 5.69 Å². The zero-order valence-electron chi connectivity index (χ0n) is 12.2. The third-order valence-corrected chi connectivity index (χ3v) is 3.65. The number of nitrogens with one attached hydrogen (secondary N) is 1. The van der Waals surface area contributed by atoms with E-state index in [4.69, 9.17) is 10.9 Å². The van der Waals surface area contributed by atoms with E-state index in [2.05, 4.69) is 20.2 Å². The highest BCUT2D eigenvalue weighted by molar-refractivity contribution is 5.91. The van der Waals surface area contributed by atoms with Crippen molar-refractivity contribution in [1.29, 1.82) is 0 Å². The van der Waals surface area contributed by atoms with Crippen LogP contribution in [0, 0.1) is 0 Å². The van der Waals surface area contributed by atoms with Gasteiger partial charge in [-0.1, -0.05) is 6.07 Å². The molecule has 0 aromatic carbocycles. The summed E-state index contributed by atoms with van der Waals surface area (Å²) >= 11 is 0. The van der Waals surface area contributed by atoms with Crippen molar-refractivity contribution in [1.82, 2.24) is 20.2 Å². The lowest BCUT2D eigenvalue weighted by Gasteiger charge is -2.21. The number of carbonyl (C=O) groups excluding carboxylic acids is 1. The highest BCUT2D eigenvalue weighted by atomic mass is 16.3. The number of hydrogen-bond acceptors (Lipinski definition) is 6. The maximum Gasteiger partial charge on any atom is 0.283 e. The Balaban J connectivity index is 1.93. The Morgan fingerprint density at radius 1 is 1.29 bits per heavy atom. The number of amides is 1. The van der Waals surface area contributed by atoms with Crippen molar-refractivity contribution < 1.29 is 9.90 Å². The van der Waals surface area contributed by atoms with Crippen LogP contribution >= 0.6 is 0 Å². The predicted octanol–water partition coefficient (Wildman–Crippen LogP) is -0.815. The van der Waals surface area contributed by atoms with E-state index >= 15 is 0 Å². The molecule has 0 aliphatic carbocycles. The van der Waals surface area contributed by atoms with Crippen molar-refractivity contribution in [3.8, 4) is 0 Å². The molecule has 1 fully saturated rings. The Morgan fingerprint density at radius 2 is 2.05 bits per heavy atom. The number of aromatic nitrogens is 1. The number of pyridine rings is 1. The summed E-state index contributed by atoms with van der Waals surface area (Å²) in [6.45, 7) is 5.56. The summed E-state index contributed by atoms with van der Waals surface area (Å²) < 4.78 is 0. The third-order valence-electron chi connectivity index (χ3n) is 3.65. The van der Waals surface area contributed by atoms with Crippen molar-refractivity contribution in [2.45, 2.75) is 13.0 Å². The monoisotopic (exact) mass is 293 g/mol. The fraction of sp³-hybridized carbons (Fsp3) is 0.571. The van der Waals surface area contributed by atoms with E-state index in [9.17, 15) is 4.79 Å². The van der Waals surface area contributed by atoms with Gasteiger partial charge in [-0.15, -0.1) is 0 Å². The molecule has 1 amide bonds. The van der Waals surface area contributed by atoms with Gasteiger partial charge in [0.1, 0.15) is 5.69 Å². The minimum Gasteiger partial charge on any atom is -0.395 e. The first kappa shape index (κ1) is 15.8. The molecular formula is C14H23N5O2. The smallest absolute Gasteiger partial charge is 0.283 e. The minimum absolute atomic E-state index is 0.206. The van der Waals surface area contributed by atoms with Crippen LogP contribution in [0.3, 0.4) is 0 Å². The first-order chi connectivity index (χ1) is 10.2. The van der Waals surface area contributed by atoms with Gasteiger partial charge in [0, 0.05) is 26.2 Å². The van der Waals surface area contributed by atoms with Gasteiger partial charge in [0.25, 0.3) is 5.91 Å². The van der Waals surface area contributed by atoms with Gasteiger partial charge >= 0.3 is 0 Å². The van der Waals surface area contributed by atoms with Crippen LogP contribution < -0.4 is 11.3 Å². The molecule has 21 heavy (non-hydrogen) atoms. The van der Waals surface area contributed by atoms with E-state index in [-0.39, 0.29) is 12.5 Å². The average molecular weight is 293 g/mol. The normalized spacial score (nSPS) is 17.4. The topological polar surface area (TPSA) is 94.7 Å². The van der Waals surface area contributed by atoms with Crippen molar-refractivity contribution in [3.05, 3.63) is 29.6 Å². The minimum atomic E-state index is -0.373. The van der Waals surface area contributed by atoms with Gasteiger partial charge in [-0.2, -0.15) is 0 Å². The summed E-state index contributed by atoms with van der Waals surface area (Å²) in [4.78, 5) is 20.4. The molecule has 4 N–H and O–H groups in total. The standard InChI is InChI=1S/C14H23N5O2/c15-17-14(21)13-4-1-3-12(16-13)11-19-6-2-5-18(7-8-19)9-10-20/h1,3-4,20H,2,5-11,15H2,(H,17,21). The fourth-order valence-corrected chi connectivity index (χ4v) is 2.54. The molecule has 7 heteroatoms. The number of rotatable bonds is 5. The quantitative estimate of drug-likeness (QED) is 0.373. The summed E-state index contributed by atoms with van der Waals surface area (Å²) in [5, 5.41) is 9.00. The largest absolute Gasteiger partial charge is 0.395 e. The molecule has 0 unspecified atom stereocenters. The summed E-state index contributed by atoms with van der Waals surface area (Å²) in [5.74, 6) is 4.75. The first-order valence-corrected chi connectivity index (χ1v) is 7.25. The van der Waals surface area contributed by atoms with Crippen LogP contribution in [-0.2, 0) is 6.54 Å². The second-order valence-corrected chi connectivity index (χ2v) is 5.18. The SMILES string of the molecule is NNC(=O)c1cccc(CN2CCCN(CCO)CC2)n1. The van der Waals surface area contributed by atoms with Crippen molar-refractivity contribution in [2.24, 2.45) is 5.84 Å². The fourth-order valence-electron chi connectivity index (χ4n) is 2.54. The predicted molar refractivity (Wildman–Crippen MR) is 79.3 cm³/mol. The number of nitrogen functional groups attached to an aromatic ring is 1. The number of hydrogen-bond donors (Lipinski definition) is 3. The molecule has 0 bridgehead atoms. The summed E-state index contributed by atoms with van der Waals surface area (Å²) in [7, 11) is 0. The number of carbonyl (C=O) groups is 1. The highest BCUT2D eigenvalue weighted by Crippen LogP contribution is 2.08. The molecule has 7 nitrogen and oxygen atoms in total. The van der Waals surface area contributed by atoms with Gasteiger partial charge in [0.15, 0.2) is 0 Å². The maximum absolute atomic E-state index is 11.5. The Kier molecular flexibility index (Phi) is 6.06. The molecule has 116 valence electrons. The Labute approximate surface area is 124 Å². The number of aliphatic hydroxyl groups is 1.